The van der Waals surface area contributed by atoms with Gasteiger partial charge in [0.15, 0.2) is 6.17 Å². The van der Waals surface area contributed by atoms with Crippen molar-refractivity contribution in [3.05, 3.63) is 71.3 Å². The van der Waals surface area contributed by atoms with Crippen LogP contribution in [0.1, 0.15) is 16.7 Å². The quantitative estimate of drug-likeness (QED) is 0.594. The molecule has 0 N–H and O–H groups in total. The molecule has 5 heteroatoms. The van der Waals surface area contributed by atoms with Crippen LogP contribution in [0, 0.1) is 0 Å². The predicted octanol–water partition coefficient (Wildman–Crippen LogP) is -0.595. The molecule has 0 amide bonds. The Balaban J connectivity index is 0.00000193. The number of piperazine rings is 2. The van der Waals surface area contributed by atoms with E-state index in [0.717, 1.165) is 12.8 Å². The first-order chi connectivity index (χ1) is 14.3. The van der Waals surface area contributed by atoms with Crippen LogP contribution in [0.4, 0.5) is 0 Å². The van der Waals surface area contributed by atoms with Crippen LogP contribution in [0.15, 0.2) is 54.6 Å². The molecule has 160 valence electrons. The maximum Gasteiger partial charge on any atom is 0.175 e. The van der Waals surface area contributed by atoms with Gasteiger partial charge in [0.1, 0.15) is 12.7 Å². The molecule has 6 rings (SSSR count). The highest BCUT2D eigenvalue weighted by Gasteiger charge is 2.60. The van der Waals surface area contributed by atoms with E-state index in [4.69, 9.17) is 0 Å². The van der Waals surface area contributed by atoms with Crippen molar-refractivity contribution in [2.45, 2.75) is 31.7 Å². The van der Waals surface area contributed by atoms with Crippen molar-refractivity contribution in [2.24, 2.45) is 0 Å². The molecular formula is C25H33ClN4. The third-order valence-electron chi connectivity index (χ3n) is 8.03. The molecular weight excluding hydrogens is 392 g/mol. The van der Waals surface area contributed by atoms with Crippen LogP contribution in [-0.2, 0) is 19.4 Å². The molecule has 3 unspecified atom stereocenters. The van der Waals surface area contributed by atoms with Crippen molar-refractivity contribution in [1.29, 1.82) is 0 Å². The highest BCUT2D eigenvalue weighted by atomic mass is 35.5. The molecule has 4 aliphatic heterocycles. The average molecular weight is 425 g/mol. The van der Waals surface area contributed by atoms with Gasteiger partial charge in [0.2, 0.25) is 0 Å². The number of benzene rings is 2. The van der Waals surface area contributed by atoms with Gasteiger partial charge in [-0.25, -0.2) is 4.90 Å². The van der Waals surface area contributed by atoms with Crippen LogP contribution in [0.5, 0.6) is 0 Å². The van der Waals surface area contributed by atoms with Crippen LogP contribution in [0.3, 0.4) is 0 Å². The van der Waals surface area contributed by atoms with Gasteiger partial charge in [-0.15, -0.1) is 0 Å². The maximum atomic E-state index is 2.81. The number of quaternary nitrogens is 1. The molecule has 4 saturated heterocycles. The molecule has 4 nitrogen and oxygen atoms in total. The lowest BCUT2D eigenvalue weighted by Crippen LogP contribution is -3.00. The second kappa shape index (κ2) is 8.25. The highest BCUT2D eigenvalue weighted by Crippen LogP contribution is 2.40. The van der Waals surface area contributed by atoms with Crippen molar-refractivity contribution >= 4 is 0 Å². The Labute approximate surface area is 187 Å². The second-order valence-corrected chi connectivity index (χ2v) is 9.56. The summed E-state index contributed by atoms with van der Waals surface area (Å²) in [6, 6.07) is 20.4. The van der Waals surface area contributed by atoms with E-state index < -0.39 is 0 Å². The monoisotopic (exact) mass is 424 g/mol. The van der Waals surface area contributed by atoms with Crippen molar-refractivity contribution < 1.29 is 16.9 Å². The lowest BCUT2D eigenvalue weighted by molar-refractivity contribution is -0.966. The minimum absolute atomic E-state index is 0. The standard InChI is InChI=1S/C25H33N4.ClH/c1-2-4-21(5-3-1)6-7-22-8-10-23(11-9-22)20-29-18-16-27-13-12-26-14-15-28(17-19-29)25(29)24(26)27;/h1-5,8-11,24-25H,6-7,12-20H2;1H/q+1;/p-1. The van der Waals surface area contributed by atoms with E-state index in [1.54, 1.807) is 0 Å². The molecule has 0 aliphatic carbocycles. The topological polar surface area (TPSA) is 9.72 Å². The SMILES string of the molecule is [Cl-].c1ccc(CCc2ccc(C[N+]34CCN5CCN6CCN(CC3)C4C65)cc2)cc1. The van der Waals surface area contributed by atoms with Gasteiger partial charge in [-0.2, -0.15) is 0 Å². The molecule has 4 aliphatic rings. The summed E-state index contributed by atoms with van der Waals surface area (Å²) in [6.45, 7) is 11.5. The first-order valence-corrected chi connectivity index (χ1v) is 11.5. The van der Waals surface area contributed by atoms with Gasteiger partial charge in [-0.05, 0) is 24.0 Å². The minimum Gasteiger partial charge on any atom is -1.00 e. The Hall–Kier alpha value is -1.43. The van der Waals surface area contributed by atoms with Gasteiger partial charge in [-0.1, -0.05) is 54.6 Å². The van der Waals surface area contributed by atoms with Gasteiger partial charge in [0.05, 0.1) is 19.6 Å². The van der Waals surface area contributed by atoms with Gasteiger partial charge in [0.25, 0.3) is 0 Å². The Bertz CT molecular complexity index is 851. The normalized spacial score (nSPS) is 30.8. The smallest absolute Gasteiger partial charge is 0.175 e. The van der Waals surface area contributed by atoms with Gasteiger partial charge < -0.3 is 16.9 Å². The summed E-state index contributed by atoms with van der Waals surface area (Å²) in [5.74, 6) is 0. The molecule has 0 aromatic heterocycles. The Kier molecular flexibility index (Phi) is 5.63. The Morgan fingerprint density at radius 1 is 0.633 bits per heavy atom. The zero-order valence-electron chi connectivity index (χ0n) is 17.8. The summed E-state index contributed by atoms with van der Waals surface area (Å²) in [6.07, 6.45) is 3.62. The van der Waals surface area contributed by atoms with Crippen molar-refractivity contribution in [3.63, 3.8) is 0 Å². The third kappa shape index (κ3) is 3.49. The summed E-state index contributed by atoms with van der Waals surface area (Å²) >= 11 is 0. The van der Waals surface area contributed by atoms with Gasteiger partial charge in [-0.3, -0.25) is 9.80 Å². The molecule has 0 spiro atoms. The third-order valence-corrected chi connectivity index (χ3v) is 8.03. The Morgan fingerprint density at radius 2 is 1.17 bits per heavy atom. The van der Waals surface area contributed by atoms with Crippen molar-refractivity contribution in [2.75, 3.05) is 52.4 Å². The molecule has 30 heavy (non-hydrogen) atoms. The van der Waals surface area contributed by atoms with Crippen LogP contribution in [0.2, 0.25) is 0 Å². The van der Waals surface area contributed by atoms with E-state index in [-0.39, 0.29) is 12.4 Å². The van der Waals surface area contributed by atoms with E-state index in [2.05, 4.69) is 69.3 Å². The summed E-state index contributed by atoms with van der Waals surface area (Å²) < 4.78 is 1.29. The average Bonchev–Trinajstić information content (AvgIpc) is 3.35. The molecule has 0 radical (unpaired) electrons. The number of hydrogen-bond acceptors (Lipinski definition) is 3. The molecule has 2 aromatic carbocycles. The molecule has 0 bridgehead atoms. The minimum atomic E-state index is 0. The molecule has 3 atom stereocenters. The van der Waals surface area contributed by atoms with E-state index in [1.807, 2.05) is 0 Å². The second-order valence-electron chi connectivity index (χ2n) is 9.56. The molecule has 4 heterocycles. The first kappa shape index (κ1) is 20.5. The fourth-order valence-electron chi connectivity index (χ4n) is 6.46. The van der Waals surface area contributed by atoms with E-state index in [9.17, 15) is 0 Å². The zero-order valence-corrected chi connectivity index (χ0v) is 18.6. The largest absolute Gasteiger partial charge is 1.00 e. The number of halogens is 1. The Morgan fingerprint density at radius 3 is 1.87 bits per heavy atom. The van der Waals surface area contributed by atoms with Crippen LogP contribution >= 0.6 is 0 Å². The fraction of sp³-hybridized carbons (Fsp3) is 0.520. The summed E-state index contributed by atoms with van der Waals surface area (Å²) in [5.41, 5.74) is 4.42. The van der Waals surface area contributed by atoms with Crippen LogP contribution < -0.4 is 12.4 Å². The predicted molar refractivity (Wildman–Crippen MR) is 116 cm³/mol. The first-order valence-electron chi connectivity index (χ1n) is 11.5. The number of rotatable bonds is 5. The van der Waals surface area contributed by atoms with Gasteiger partial charge in [0, 0.05) is 38.3 Å². The summed E-state index contributed by atoms with van der Waals surface area (Å²) in [4.78, 5) is 8.35. The zero-order chi connectivity index (χ0) is 19.3. The molecule has 2 aromatic rings. The van der Waals surface area contributed by atoms with Crippen LogP contribution in [0.25, 0.3) is 0 Å². The summed E-state index contributed by atoms with van der Waals surface area (Å²) in [7, 11) is 0. The van der Waals surface area contributed by atoms with E-state index in [1.165, 1.54) is 80.1 Å². The van der Waals surface area contributed by atoms with Crippen molar-refractivity contribution in [1.82, 2.24) is 14.7 Å². The maximum absolute atomic E-state index is 2.81. The molecule has 4 fully saturated rings. The van der Waals surface area contributed by atoms with Gasteiger partial charge >= 0.3 is 0 Å². The van der Waals surface area contributed by atoms with Crippen molar-refractivity contribution in [3.8, 4) is 0 Å². The summed E-state index contributed by atoms with van der Waals surface area (Å²) in [5, 5.41) is 0. The van der Waals surface area contributed by atoms with E-state index >= 15 is 0 Å². The number of hydrogen-bond donors (Lipinski definition) is 0. The number of aryl methyl sites for hydroxylation is 2. The fourth-order valence-corrected chi connectivity index (χ4v) is 6.46. The van der Waals surface area contributed by atoms with Crippen LogP contribution in [-0.4, -0.2) is 83.9 Å². The lowest BCUT2D eigenvalue weighted by atomic mass is 10.0. The lowest BCUT2D eigenvalue weighted by Gasteiger charge is -2.54. The van der Waals surface area contributed by atoms with E-state index in [0.29, 0.717) is 12.3 Å². The molecule has 0 saturated carbocycles. The number of nitrogens with zero attached hydrogens (tertiary/aromatic N) is 4. The highest BCUT2D eigenvalue weighted by molar-refractivity contribution is 5.24.